The van der Waals surface area contributed by atoms with Crippen LogP contribution in [-0.4, -0.2) is 37.1 Å². The summed E-state index contributed by atoms with van der Waals surface area (Å²) in [5.74, 6) is -0.494. The van der Waals surface area contributed by atoms with E-state index in [-0.39, 0.29) is 17.7 Å². The summed E-state index contributed by atoms with van der Waals surface area (Å²) >= 11 is 0. The van der Waals surface area contributed by atoms with Gasteiger partial charge in [0, 0.05) is 35.8 Å². The first-order valence-electron chi connectivity index (χ1n) is 13.3. The smallest absolute Gasteiger partial charge is 0.412 e. The van der Waals surface area contributed by atoms with Crippen molar-refractivity contribution in [1.82, 2.24) is 10.6 Å². The third-order valence-electron chi connectivity index (χ3n) is 6.09. The number of amides is 3. The van der Waals surface area contributed by atoms with Crippen LogP contribution < -0.4 is 16.0 Å². The van der Waals surface area contributed by atoms with E-state index in [0.717, 1.165) is 0 Å². The summed E-state index contributed by atoms with van der Waals surface area (Å²) in [7, 11) is 1.52. The van der Waals surface area contributed by atoms with Crippen molar-refractivity contribution in [2.45, 2.75) is 40.2 Å². The van der Waals surface area contributed by atoms with Crippen molar-refractivity contribution >= 4 is 34.6 Å². The Labute approximate surface area is 238 Å². The Morgan fingerprint density at radius 2 is 1.59 bits per heavy atom. The van der Waals surface area contributed by atoms with Gasteiger partial charge in [0.1, 0.15) is 22.8 Å². The minimum Gasteiger partial charge on any atom is -0.455 e. The molecular formula is C32H34FN3O5. The van der Waals surface area contributed by atoms with Gasteiger partial charge in [0.2, 0.25) is 0 Å². The lowest BCUT2D eigenvalue weighted by molar-refractivity contribution is 0.0635. The first-order chi connectivity index (χ1) is 19.3. The largest absolute Gasteiger partial charge is 0.455 e. The molecule has 0 aliphatic heterocycles. The van der Waals surface area contributed by atoms with Crippen LogP contribution in [0.3, 0.4) is 0 Å². The van der Waals surface area contributed by atoms with Crippen LogP contribution in [0.2, 0.25) is 0 Å². The lowest BCUT2D eigenvalue weighted by Gasteiger charge is -2.20. The molecule has 0 unspecified atom stereocenters. The van der Waals surface area contributed by atoms with Gasteiger partial charge in [0.25, 0.3) is 11.8 Å². The summed E-state index contributed by atoms with van der Waals surface area (Å²) in [4.78, 5) is 38.6. The van der Waals surface area contributed by atoms with E-state index in [1.165, 1.54) is 19.2 Å². The molecule has 0 aliphatic rings. The van der Waals surface area contributed by atoms with Crippen molar-refractivity contribution in [3.8, 4) is 22.5 Å². The highest BCUT2D eigenvalue weighted by Gasteiger charge is 2.23. The maximum Gasteiger partial charge on any atom is 0.412 e. The fourth-order valence-corrected chi connectivity index (χ4v) is 4.25. The molecule has 3 aromatic carbocycles. The van der Waals surface area contributed by atoms with Gasteiger partial charge >= 0.3 is 6.09 Å². The number of halogens is 1. The number of carbonyl (C=O) groups excluding carboxylic acids is 3. The molecule has 0 saturated heterocycles. The third kappa shape index (κ3) is 7.11. The normalized spacial score (nSPS) is 11.4. The number of nitrogens with one attached hydrogen (secondary N) is 3. The van der Waals surface area contributed by atoms with Gasteiger partial charge in [-0.15, -0.1) is 0 Å². The van der Waals surface area contributed by atoms with Gasteiger partial charge in [-0.1, -0.05) is 19.9 Å². The number of fused-ring (bicyclic) bond motifs is 1. The molecule has 3 amide bonds. The van der Waals surface area contributed by atoms with Crippen LogP contribution in [0.4, 0.5) is 14.9 Å². The van der Waals surface area contributed by atoms with Gasteiger partial charge in [0.05, 0.1) is 5.56 Å². The summed E-state index contributed by atoms with van der Waals surface area (Å²) < 4.78 is 25.0. The molecule has 1 aromatic heterocycles. The second-order valence-electron chi connectivity index (χ2n) is 11.1. The van der Waals surface area contributed by atoms with E-state index in [2.05, 4.69) is 16.0 Å². The number of hydrogen-bond acceptors (Lipinski definition) is 5. The first kappa shape index (κ1) is 29.3. The van der Waals surface area contributed by atoms with E-state index in [4.69, 9.17) is 9.15 Å². The Morgan fingerprint density at radius 1 is 0.902 bits per heavy atom. The minimum atomic E-state index is -0.704. The van der Waals surface area contributed by atoms with Gasteiger partial charge in [-0.05, 0) is 92.4 Å². The standard InChI is InChI=1S/C32H34FN3O5/c1-18(2)17-35-29(37)22-13-21(14-24(15-22)36-31(39)41-32(3,4)5)20-9-12-26-25(16-20)27(30(38)34-6)28(40-26)19-7-10-23(33)11-8-19/h7-16,18H,17H2,1-6H3,(H,34,38)(H,35,37)(H,36,39). The highest BCUT2D eigenvalue weighted by molar-refractivity contribution is 6.12. The highest BCUT2D eigenvalue weighted by atomic mass is 19.1. The summed E-state index contributed by atoms with van der Waals surface area (Å²) in [6, 6.07) is 16.1. The Balaban J connectivity index is 1.83. The number of hydrogen-bond donors (Lipinski definition) is 3. The number of ether oxygens (including phenoxy) is 1. The Bertz CT molecular complexity index is 1600. The van der Waals surface area contributed by atoms with Gasteiger partial charge in [-0.2, -0.15) is 0 Å². The van der Waals surface area contributed by atoms with E-state index < -0.39 is 17.5 Å². The number of anilines is 1. The lowest BCUT2D eigenvalue weighted by Crippen LogP contribution is -2.28. The third-order valence-corrected chi connectivity index (χ3v) is 6.09. The molecule has 8 nitrogen and oxygen atoms in total. The van der Waals surface area contributed by atoms with Gasteiger partial charge in [0.15, 0.2) is 0 Å². The molecule has 3 N–H and O–H groups in total. The van der Waals surface area contributed by atoms with Crippen LogP contribution in [0.5, 0.6) is 0 Å². The fourth-order valence-electron chi connectivity index (χ4n) is 4.25. The van der Waals surface area contributed by atoms with E-state index in [0.29, 0.717) is 56.8 Å². The van der Waals surface area contributed by atoms with E-state index >= 15 is 0 Å². The molecule has 214 valence electrons. The minimum absolute atomic E-state index is 0.253. The van der Waals surface area contributed by atoms with Crippen molar-refractivity contribution in [2.75, 3.05) is 18.9 Å². The fraction of sp³-hybridized carbons (Fsp3) is 0.281. The molecule has 4 aromatic rings. The summed E-state index contributed by atoms with van der Waals surface area (Å²) in [5.41, 5.74) is 2.64. The van der Waals surface area contributed by atoms with Crippen molar-refractivity contribution < 1.29 is 27.9 Å². The first-order valence-corrected chi connectivity index (χ1v) is 13.3. The number of rotatable bonds is 7. The Hall–Kier alpha value is -4.66. The molecule has 41 heavy (non-hydrogen) atoms. The van der Waals surface area contributed by atoms with Crippen LogP contribution in [0.25, 0.3) is 33.4 Å². The van der Waals surface area contributed by atoms with Gasteiger partial charge < -0.3 is 19.8 Å². The number of carbonyl (C=O) groups is 3. The van der Waals surface area contributed by atoms with Crippen LogP contribution in [0.15, 0.2) is 65.1 Å². The number of furan rings is 1. The summed E-state index contributed by atoms with van der Waals surface area (Å²) in [5, 5.41) is 8.81. The van der Waals surface area contributed by atoms with E-state index in [9.17, 15) is 18.8 Å². The van der Waals surface area contributed by atoms with Crippen LogP contribution in [0, 0.1) is 11.7 Å². The molecule has 0 atom stereocenters. The molecule has 1 heterocycles. The summed E-state index contributed by atoms with van der Waals surface area (Å²) in [6.07, 6.45) is -0.653. The zero-order chi connectivity index (χ0) is 29.9. The second kappa shape index (κ2) is 11.8. The molecule has 0 fully saturated rings. The van der Waals surface area contributed by atoms with Gasteiger partial charge in [-0.3, -0.25) is 14.9 Å². The molecule has 0 spiro atoms. The lowest BCUT2D eigenvalue weighted by atomic mass is 9.98. The molecule has 0 aliphatic carbocycles. The van der Waals surface area contributed by atoms with Crippen LogP contribution in [0.1, 0.15) is 55.3 Å². The molecule has 0 saturated carbocycles. The Morgan fingerprint density at radius 3 is 2.22 bits per heavy atom. The molecule has 9 heteroatoms. The van der Waals surface area contributed by atoms with Crippen molar-refractivity contribution in [3.63, 3.8) is 0 Å². The maximum atomic E-state index is 13.6. The molecule has 0 bridgehead atoms. The average Bonchev–Trinajstić information content (AvgIpc) is 3.29. The average molecular weight is 560 g/mol. The van der Waals surface area contributed by atoms with Crippen LogP contribution in [-0.2, 0) is 4.74 Å². The highest BCUT2D eigenvalue weighted by Crippen LogP contribution is 2.37. The SMILES string of the molecule is CNC(=O)c1c(-c2ccc(F)cc2)oc2ccc(-c3cc(NC(=O)OC(C)(C)C)cc(C(=O)NCC(C)C)c3)cc12. The van der Waals surface area contributed by atoms with Crippen LogP contribution >= 0.6 is 0 Å². The van der Waals surface area contributed by atoms with Crippen molar-refractivity contribution in [2.24, 2.45) is 5.92 Å². The quantitative estimate of drug-likeness (QED) is 0.226. The predicted molar refractivity (Wildman–Crippen MR) is 157 cm³/mol. The maximum absolute atomic E-state index is 13.6. The second-order valence-corrected chi connectivity index (χ2v) is 11.1. The van der Waals surface area contributed by atoms with Crippen molar-refractivity contribution in [1.29, 1.82) is 0 Å². The zero-order valence-electron chi connectivity index (χ0n) is 24.0. The predicted octanol–water partition coefficient (Wildman–Crippen LogP) is 7.00. The number of benzene rings is 3. The topological polar surface area (TPSA) is 110 Å². The molecule has 0 radical (unpaired) electrons. The molecule has 4 rings (SSSR count). The summed E-state index contributed by atoms with van der Waals surface area (Å²) in [6.45, 7) is 9.77. The van der Waals surface area contributed by atoms with E-state index in [1.807, 2.05) is 13.8 Å². The van der Waals surface area contributed by atoms with Crippen molar-refractivity contribution in [3.05, 3.63) is 77.6 Å². The molecular weight excluding hydrogens is 525 g/mol. The zero-order valence-corrected chi connectivity index (χ0v) is 24.0. The van der Waals surface area contributed by atoms with Gasteiger partial charge in [-0.25, -0.2) is 9.18 Å². The monoisotopic (exact) mass is 559 g/mol. The Kier molecular flexibility index (Phi) is 8.47. The van der Waals surface area contributed by atoms with E-state index in [1.54, 1.807) is 69.3 Å².